The van der Waals surface area contributed by atoms with Crippen molar-refractivity contribution in [1.29, 1.82) is 0 Å². The van der Waals surface area contributed by atoms with E-state index in [1.807, 2.05) is 55.4 Å². The molecule has 0 aliphatic rings. The maximum absolute atomic E-state index is 12.1. The molecule has 5 nitrogen and oxygen atoms in total. The average molecular weight is 370 g/mol. The summed E-state index contributed by atoms with van der Waals surface area (Å²) in [4.78, 5) is 18.4. The lowest BCUT2D eigenvalue weighted by Gasteiger charge is -2.12. The number of oxazole rings is 1. The van der Waals surface area contributed by atoms with Gasteiger partial charge in [-0.2, -0.15) is 0 Å². The number of carbonyl (C=O) groups is 1. The molecule has 0 radical (unpaired) electrons. The molecule has 3 aromatic rings. The molecule has 0 bridgehead atoms. The summed E-state index contributed by atoms with van der Waals surface area (Å²) >= 11 is 5.89. The standard InChI is InChI=1S/C20H20ClN3O2/c1-24(2)17-9-7-16(8-10-17)23-19(25)11-12-20-22-13-18(26-20)14-3-5-15(21)6-4-14/h3-10,13H,11-12H2,1-2H3,(H,23,25). The van der Waals surface area contributed by atoms with Crippen LogP contribution < -0.4 is 10.2 Å². The highest BCUT2D eigenvalue weighted by atomic mass is 35.5. The lowest BCUT2D eigenvalue weighted by atomic mass is 10.2. The summed E-state index contributed by atoms with van der Waals surface area (Å²) in [6.45, 7) is 0. The molecule has 0 saturated carbocycles. The molecular weight excluding hydrogens is 350 g/mol. The monoisotopic (exact) mass is 369 g/mol. The van der Waals surface area contributed by atoms with Gasteiger partial charge in [-0.05, 0) is 48.5 Å². The quantitative estimate of drug-likeness (QED) is 0.688. The maximum atomic E-state index is 12.1. The van der Waals surface area contributed by atoms with Crippen LogP contribution in [0.1, 0.15) is 12.3 Å². The number of hydrogen-bond donors (Lipinski definition) is 1. The number of benzene rings is 2. The number of nitrogens with zero attached hydrogens (tertiary/aromatic N) is 2. The Bertz CT molecular complexity index is 871. The SMILES string of the molecule is CN(C)c1ccc(NC(=O)CCc2ncc(-c3ccc(Cl)cc3)o2)cc1. The fourth-order valence-electron chi connectivity index (χ4n) is 2.46. The van der Waals surface area contributed by atoms with Crippen LogP contribution in [0.4, 0.5) is 11.4 Å². The van der Waals surface area contributed by atoms with Gasteiger partial charge in [-0.15, -0.1) is 0 Å². The Kier molecular flexibility index (Phi) is 5.58. The van der Waals surface area contributed by atoms with Crippen LogP contribution >= 0.6 is 11.6 Å². The molecule has 0 aliphatic heterocycles. The number of amides is 1. The first-order valence-corrected chi connectivity index (χ1v) is 8.67. The summed E-state index contributed by atoms with van der Waals surface area (Å²) in [5.41, 5.74) is 2.76. The fraction of sp³-hybridized carbons (Fsp3) is 0.200. The van der Waals surface area contributed by atoms with E-state index in [0.717, 1.165) is 16.9 Å². The van der Waals surface area contributed by atoms with Gasteiger partial charge < -0.3 is 14.6 Å². The highest BCUT2D eigenvalue weighted by molar-refractivity contribution is 6.30. The molecule has 0 unspecified atom stereocenters. The smallest absolute Gasteiger partial charge is 0.224 e. The topological polar surface area (TPSA) is 58.4 Å². The highest BCUT2D eigenvalue weighted by Crippen LogP contribution is 2.23. The molecule has 2 aromatic carbocycles. The molecule has 3 rings (SSSR count). The van der Waals surface area contributed by atoms with Gasteiger partial charge in [0.2, 0.25) is 5.91 Å². The van der Waals surface area contributed by atoms with Gasteiger partial charge in [0, 0.05) is 48.9 Å². The highest BCUT2D eigenvalue weighted by Gasteiger charge is 2.09. The Labute approximate surface area is 157 Å². The van der Waals surface area contributed by atoms with Crippen LogP contribution in [-0.4, -0.2) is 25.0 Å². The Morgan fingerprint density at radius 1 is 1.12 bits per heavy atom. The van der Waals surface area contributed by atoms with Crippen molar-refractivity contribution in [3.05, 3.63) is 65.6 Å². The third kappa shape index (κ3) is 4.64. The normalized spacial score (nSPS) is 10.6. The van der Waals surface area contributed by atoms with Crippen molar-refractivity contribution in [3.8, 4) is 11.3 Å². The Morgan fingerprint density at radius 3 is 2.46 bits per heavy atom. The van der Waals surface area contributed by atoms with Gasteiger partial charge in [0.15, 0.2) is 11.7 Å². The summed E-state index contributed by atoms with van der Waals surface area (Å²) in [7, 11) is 3.95. The molecule has 0 spiro atoms. The average Bonchev–Trinajstić information content (AvgIpc) is 3.10. The third-order valence-corrected chi connectivity index (χ3v) is 4.17. The summed E-state index contributed by atoms with van der Waals surface area (Å²) in [6.07, 6.45) is 2.40. The zero-order valence-corrected chi connectivity index (χ0v) is 15.5. The molecule has 0 saturated heterocycles. The second-order valence-electron chi connectivity index (χ2n) is 6.11. The number of carbonyl (C=O) groups excluding carboxylic acids is 1. The van der Waals surface area contributed by atoms with Gasteiger partial charge in [-0.3, -0.25) is 4.79 Å². The molecule has 0 fully saturated rings. The zero-order chi connectivity index (χ0) is 18.5. The first kappa shape index (κ1) is 18.0. The minimum absolute atomic E-state index is 0.0751. The number of halogens is 1. The van der Waals surface area contributed by atoms with E-state index in [1.165, 1.54) is 0 Å². The van der Waals surface area contributed by atoms with E-state index in [9.17, 15) is 4.79 Å². The Balaban J connectivity index is 1.54. The molecule has 134 valence electrons. The number of hydrogen-bond acceptors (Lipinski definition) is 4. The second-order valence-corrected chi connectivity index (χ2v) is 6.55. The molecule has 1 N–H and O–H groups in total. The molecule has 26 heavy (non-hydrogen) atoms. The van der Waals surface area contributed by atoms with Gasteiger partial charge in [-0.25, -0.2) is 4.98 Å². The predicted octanol–water partition coefficient (Wildman–Crippen LogP) is 4.63. The third-order valence-electron chi connectivity index (χ3n) is 3.92. The zero-order valence-electron chi connectivity index (χ0n) is 14.7. The van der Waals surface area contributed by atoms with Crippen LogP contribution in [0.3, 0.4) is 0 Å². The van der Waals surface area contributed by atoms with Crippen LogP contribution in [0.2, 0.25) is 5.02 Å². The van der Waals surface area contributed by atoms with Crippen molar-refractivity contribution in [2.45, 2.75) is 12.8 Å². The summed E-state index contributed by atoms with van der Waals surface area (Å²) in [5.74, 6) is 1.12. The molecule has 1 amide bonds. The van der Waals surface area contributed by atoms with Gasteiger partial charge >= 0.3 is 0 Å². The first-order valence-electron chi connectivity index (χ1n) is 8.29. The van der Waals surface area contributed by atoms with Crippen molar-refractivity contribution < 1.29 is 9.21 Å². The maximum Gasteiger partial charge on any atom is 0.224 e. The number of rotatable bonds is 6. The number of anilines is 2. The van der Waals surface area contributed by atoms with Crippen molar-refractivity contribution in [2.24, 2.45) is 0 Å². The van der Waals surface area contributed by atoms with Gasteiger partial charge in [0.05, 0.1) is 6.20 Å². The molecule has 0 atom stereocenters. The van der Waals surface area contributed by atoms with Crippen LogP contribution in [-0.2, 0) is 11.2 Å². The lowest BCUT2D eigenvalue weighted by Crippen LogP contribution is -2.13. The van der Waals surface area contributed by atoms with Crippen LogP contribution in [0, 0.1) is 0 Å². The summed E-state index contributed by atoms with van der Waals surface area (Å²) in [6, 6.07) is 15.0. The number of aryl methyl sites for hydroxylation is 1. The summed E-state index contributed by atoms with van der Waals surface area (Å²) in [5, 5.41) is 3.55. The minimum Gasteiger partial charge on any atom is -0.441 e. The van der Waals surface area contributed by atoms with E-state index in [-0.39, 0.29) is 5.91 Å². The van der Waals surface area contributed by atoms with Crippen LogP contribution in [0.25, 0.3) is 11.3 Å². The van der Waals surface area contributed by atoms with E-state index < -0.39 is 0 Å². The molecule has 1 heterocycles. The number of nitrogens with one attached hydrogen (secondary N) is 1. The van der Waals surface area contributed by atoms with Crippen molar-refractivity contribution in [1.82, 2.24) is 4.98 Å². The lowest BCUT2D eigenvalue weighted by molar-refractivity contribution is -0.116. The van der Waals surface area contributed by atoms with Crippen LogP contribution in [0.15, 0.2) is 59.1 Å². The van der Waals surface area contributed by atoms with E-state index >= 15 is 0 Å². The Morgan fingerprint density at radius 2 is 1.81 bits per heavy atom. The summed E-state index contributed by atoms with van der Waals surface area (Å²) < 4.78 is 5.71. The molecular formula is C20H20ClN3O2. The van der Waals surface area contributed by atoms with E-state index in [1.54, 1.807) is 18.3 Å². The van der Waals surface area contributed by atoms with E-state index in [4.69, 9.17) is 16.0 Å². The second kappa shape index (κ2) is 8.06. The van der Waals surface area contributed by atoms with E-state index in [0.29, 0.717) is 29.5 Å². The van der Waals surface area contributed by atoms with E-state index in [2.05, 4.69) is 10.3 Å². The van der Waals surface area contributed by atoms with Gasteiger partial charge in [-0.1, -0.05) is 11.6 Å². The van der Waals surface area contributed by atoms with Crippen molar-refractivity contribution in [2.75, 3.05) is 24.3 Å². The van der Waals surface area contributed by atoms with Crippen LogP contribution in [0.5, 0.6) is 0 Å². The van der Waals surface area contributed by atoms with Gasteiger partial charge in [0.25, 0.3) is 0 Å². The Hall–Kier alpha value is -2.79. The fourth-order valence-corrected chi connectivity index (χ4v) is 2.59. The molecule has 1 aromatic heterocycles. The minimum atomic E-state index is -0.0751. The number of aromatic nitrogens is 1. The largest absolute Gasteiger partial charge is 0.441 e. The molecule has 6 heteroatoms. The first-order chi connectivity index (χ1) is 12.5. The van der Waals surface area contributed by atoms with Crippen molar-refractivity contribution >= 4 is 28.9 Å². The van der Waals surface area contributed by atoms with Gasteiger partial charge in [0.1, 0.15) is 0 Å². The molecule has 0 aliphatic carbocycles. The predicted molar refractivity (Wildman–Crippen MR) is 105 cm³/mol. The van der Waals surface area contributed by atoms with Crippen molar-refractivity contribution in [3.63, 3.8) is 0 Å².